The van der Waals surface area contributed by atoms with E-state index < -0.39 is 0 Å². The smallest absolute Gasteiger partial charge is 0.143 e. The van der Waals surface area contributed by atoms with E-state index in [1.54, 1.807) is 0 Å². The minimum Gasteiger partial charge on any atom is -0.456 e. The molecule has 0 aliphatic heterocycles. The Kier molecular flexibility index (Phi) is 21.4. The van der Waals surface area contributed by atoms with Gasteiger partial charge in [0.1, 0.15) is 33.5 Å². The molecule has 0 spiro atoms. The monoisotopic (exact) mass is 1790 g/mol. The molecule has 28 rings (SSSR count). The van der Waals surface area contributed by atoms with E-state index in [4.69, 9.17) is 17.4 Å². The summed E-state index contributed by atoms with van der Waals surface area (Å²) < 4.78 is 37.3. The second kappa shape index (κ2) is 36.3. The first kappa shape index (κ1) is 82.6. The molecule has 140 heavy (non-hydrogen) atoms. The summed E-state index contributed by atoms with van der Waals surface area (Å²) in [5.74, 6) is 0. The molecule has 0 bridgehead atoms. The highest BCUT2D eigenvalue weighted by molar-refractivity contribution is 6.28. The van der Waals surface area contributed by atoms with Crippen molar-refractivity contribution in [2.45, 2.75) is 22.2 Å². The number of para-hydroxylation sites is 4. The Morgan fingerprint density at radius 3 is 0.807 bits per heavy atom. The van der Waals surface area contributed by atoms with Crippen LogP contribution in [0.5, 0.6) is 0 Å². The van der Waals surface area contributed by atoms with Crippen LogP contribution < -0.4 is 0 Å². The van der Waals surface area contributed by atoms with E-state index in [9.17, 15) is 0 Å². The van der Waals surface area contributed by atoms with Crippen LogP contribution in [0.25, 0.3) is 274 Å². The maximum Gasteiger partial charge on any atom is 0.143 e. The summed E-state index contributed by atoms with van der Waals surface area (Å²) in [4.78, 5) is 0. The topological polar surface area (TPSA) is 39.4 Å². The lowest BCUT2D eigenvalue weighted by Gasteiger charge is -2.19. The van der Waals surface area contributed by atoms with Gasteiger partial charge in [-0.1, -0.05) is 477 Å². The Labute approximate surface area is 817 Å². The predicted molar refractivity (Wildman–Crippen MR) is 601 cm³/mol. The fraction of sp³-hybridized carbons (Fsp3) is 0.0219. The number of hydrogen-bond donors (Lipinski definition) is 0. The molecule has 0 saturated carbocycles. The molecule has 3 aromatic heterocycles. The van der Waals surface area contributed by atoms with Crippen LogP contribution in [0.4, 0.5) is 0 Å². The molecule has 0 radical (unpaired) electrons. The van der Waals surface area contributed by atoms with E-state index in [1.165, 1.54) is 197 Å². The largest absolute Gasteiger partial charge is 0.456 e. The zero-order valence-corrected chi connectivity index (χ0v) is 77.7. The summed E-state index contributed by atoms with van der Waals surface area (Å²) in [5, 5.41) is 26.5. The van der Waals surface area contributed by atoms with Crippen molar-refractivity contribution < 1.29 is 17.4 Å². The van der Waals surface area contributed by atoms with Gasteiger partial charge in [0.25, 0.3) is 0 Å². The normalized spacial score (nSPS) is 11.6. The molecule has 3 heterocycles. The first-order chi connectivity index (χ1) is 71.0. The van der Waals surface area contributed by atoms with Gasteiger partial charge in [-0.15, -0.1) is 0 Å². The van der Waals surface area contributed by atoms with Crippen LogP contribution in [0.1, 0.15) is 26.3 Å². The predicted octanol–water partition coefficient (Wildman–Crippen LogP) is 40.2. The molecule has 0 atom stereocenters. The molecule has 25 aromatic carbocycles. The maximum absolute atomic E-state index is 6.93. The third-order valence-corrected chi connectivity index (χ3v) is 28.0. The molecular formula is C137H96O3. The third kappa shape index (κ3) is 14.9. The Morgan fingerprint density at radius 2 is 0.364 bits per heavy atom. The maximum atomic E-state index is 6.93. The van der Waals surface area contributed by atoms with Crippen molar-refractivity contribution in [2.75, 3.05) is 0 Å². The summed E-state index contributed by atoms with van der Waals surface area (Å²) in [6.45, 7) is 0. The van der Waals surface area contributed by atoms with Crippen molar-refractivity contribution in [3.63, 3.8) is 0 Å². The highest BCUT2D eigenvalue weighted by Gasteiger charge is 2.27. The van der Waals surface area contributed by atoms with E-state index in [1.807, 2.05) is 12.1 Å². The van der Waals surface area contributed by atoms with E-state index in [2.05, 4.69) is 497 Å². The van der Waals surface area contributed by atoms with Crippen LogP contribution >= 0.6 is 0 Å². The number of benzene rings is 25. The van der Waals surface area contributed by atoms with Gasteiger partial charge in [-0.25, -0.2) is 0 Å². The number of hydrogen-bond acceptors (Lipinski definition) is 3. The van der Waals surface area contributed by atoms with Gasteiger partial charge in [0, 0.05) is 64.2 Å². The van der Waals surface area contributed by atoms with Crippen molar-refractivity contribution in [2.24, 2.45) is 0 Å². The van der Waals surface area contributed by atoms with Crippen LogP contribution in [0, 0.1) is 0 Å². The van der Waals surface area contributed by atoms with Crippen LogP contribution in [0.2, 0.25) is 0 Å². The quantitative estimate of drug-likeness (QED) is 0.121. The first-order valence-corrected chi connectivity index (χ1v) is 47.1. The molecule has 3 heteroatoms. The lowest BCUT2D eigenvalue weighted by Crippen LogP contribution is -1.92. The first-order valence-electron chi connectivity index (χ1n) is 50.1. The van der Waals surface area contributed by atoms with Crippen LogP contribution in [0.15, 0.2) is 523 Å². The summed E-state index contributed by atoms with van der Waals surface area (Å²) in [6.07, 6.45) is 0. The van der Waals surface area contributed by atoms with Crippen molar-refractivity contribution in [3.05, 3.63) is 510 Å². The third-order valence-electron chi connectivity index (χ3n) is 28.0. The Balaban J connectivity index is 0.000000117. The zero-order valence-electron chi connectivity index (χ0n) is 80.7. The molecule has 0 aliphatic carbocycles. The summed E-state index contributed by atoms with van der Waals surface area (Å²) >= 11 is 0. The number of rotatable bonds is 11. The Morgan fingerprint density at radius 1 is 0.121 bits per heavy atom. The molecular weight excluding hydrogens is 1690 g/mol. The van der Waals surface area contributed by atoms with Crippen molar-refractivity contribution in [1.82, 2.24) is 0 Å². The van der Waals surface area contributed by atoms with Gasteiger partial charge in [0.05, 0.1) is 0 Å². The zero-order chi connectivity index (χ0) is 96.4. The molecule has 662 valence electrons. The standard InChI is InChI=1S/2C48H30O.C38H24O.3CH4/c1-3-13-31(14-4-1)34-27-25-32-26-28-35(30-36(32)29-34)45-38-17-7-9-19-40(38)46(41-20-10-8-18-39(41)45)44-24-12-23-43-42-22-11-21-37(47(42)49-48(43)44)33-15-5-2-6-16-33;1-3-12-31(13-4-1)33-22-23-35-29-37(25-24-34(35)28-33)46-39-16-7-9-18-41(39)47(42-19-10-8-17-40(42)46)44-21-11-20-43-38-27-26-36(30-45(38)49-48(43)44)32-14-5-2-6-15-32;1-2-12-25(13-3-1)27-14-4-5-16-30(27)38-33-19-8-6-17-31(33)37(32-18-7-9-20-34(32)38)26-22-23-29-28-15-10-11-21-35(28)39-36(29)24-26;;;/h2*1-30H;1-24H;3*1H4/i;;;3*1D. The lowest BCUT2D eigenvalue weighted by atomic mass is 9.84. The SMILES string of the molecule is [2H]C.[2H]C.[2H]C.c1ccc(-c2ccc3cc(-c4c5ccccc5c(-c5cccc6c5oc5cc(-c7ccccc7)ccc56)c5ccccc45)ccc3c2)cc1.c1ccc(-c2ccc3ccc(-c4c5ccccc5c(-c5cccc6c5oc5c(-c7ccccc7)cccc56)c5ccccc45)cc3c2)cc1.c1ccc(-c2ccccc2-c2c3ccccc3c(-c3ccc4c(c3)oc3ccccc34)c3ccccc23)cc1. The van der Waals surface area contributed by atoms with Crippen LogP contribution in [0.3, 0.4) is 0 Å². The molecule has 3 nitrogen and oxygen atoms in total. The van der Waals surface area contributed by atoms with Gasteiger partial charge in [0.2, 0.25) is 0 Å². The minimum absolute atomic E-state index is 0.903. The molecule has 0 amide bonds. The van der Waals surface area contributed by atoms with Gasteiger partial charge < -0.3 is 13.3 Å². The summed E-state index contributed by atoms with van der Waals surface area (Å²) in [6, 6.07) is 183. The Hall–Kier alpha value is -18.0. The second-order valence-corrected chi connectivity index (χ2v) is 35.7. The van der Waals surface area contributed by atoms with E-state index >= 15 is 0 Å². The van der Waals surface area contributed by atoms with E-state index in [-0.39, 0.29) is 0 Å². The molecule has 0 saturated heterocycles. The van der Waals surface area contributed by atoms with Gasteiger partial charge in [-0.05, 0) is 235 Å². The second-order valence-electron chi connectivity index (χ2n) is 35.7. The van der Waals surface area contributed by atoms with Crippen LogP contribution in [-0.2, 0) is 0 Å². The Bertz CT molecular complexity index is 9490. The minimum atomic E-state index is 0.903. The average Bonchev–Trinajstić information content (AvgIpc) is 1.62. The van der Waals surface area contributed by atoms with Crippen molar-refractivity contribution in [3.8, 4) is 122 Å². The number of fused-ring (bicyclic) bond motifs is 17. The molecule has 0 N–H and O–H groups in total. The summed E-state index contributed by atoms with van der Waals surface area (Å²) in [5.41, 5.74) is 32.0. The van der Waals surface area contributed by atoms with Crippen molar-refractivity contribution in [1.29, 1.82) is 0 Å². The van der Waals surface area contributed by atoms with Crippen molar-refractivity contribution >= 4 is 152 Å². The van der Waals surface area contributed by atoms with Gasteiger partial charge in [-0.2, -0.15) is 0 Å². The van der Waals surface area contributed by atoms with E-state index in [0.29, 0.717) is 0 Å². The van der Waals surface area contributed by atoms with Gasteiger partial charge >= 0.3 is 0 Å². The van der Waals surface area contributed by atoms with E-state index in [0.717, 1.165) is 99.2 Å². The molecule has 0 fully saturated rings. The fourth-order valence-corrected chi connectivity index (χ4v) is 21.7. The van der Waals surface area contributed by atoms with Gasteiger partial charge in [0.15, 0.2) is 0 Å². The average molecular weight is 1790 g/mol. The highest BCUT2D eigenvalue weighted by Crippen LogP contribution is 2.53. The fourth-order valence-electron chi connectivity index (χ4n) is 21.7. The molecule has 0 unspecified atom stereocenters. The molecule has 0 aliphatic rings. The van der Waals surface area contributed by atoms with Crippen LogP contribution in [-0.4, -0.2) is 0 Å². The highest BCUT2D eigenvalue weighted by atomic mass is 16.3. The number of furan rings is 3. The lowest BCUT2D eigenvalue weighted by molar-refractivity contribution is 0.669. The van der Waals surface area contributed by atoms with Gasteiger partial charge in [-0.3, -0.25) is 0 Å². The molecule has 28 aromatic rings. The summed E-state index contributed by atoms with van der Waals surface area (Å²) in [7, 11) is 3.75.